The van der Waals surface area contributed by atoms with Crippen LogP contribution in [0.15, 0.2) is 53.5 Å². The maximum atomic E-state index is 14.9. The average molecular weight is 523 g/mol. The van der Waals surface area contributed by atoms with Gasteiger partial charge in [-0.05, 0) is 55.1 Å². The molecule has 1 aliphatic heterocycles. The average Bonchev–Trinajstić information content (AvgIpc) is 2.91. The molecular weight excluding hydrogens is 493 g/mol. The Bertz CT molecular complexity index is 1500. The Hall–Kier alpha value is -3.92. The lowest BCUT2D eigenvalue weighted by molar-refractivity contribution is 0.127. The lowest BCUT2D eigenvalue weighted by Crippen LogP contribution is -2.46. The first-order valence-electron chi connectivity index (χ1n) is 12.6. The van der Waals surface area contributed by atoms with E-state index in [9.17, 15) is 18.0 Å². The highest BCUT2D eigenvalue weighted by molar-refractivity contribution is 5.90. The minimum Gasteiger partial charge on any atom is -0.382 e. The third-order valence-electron chi connectivity index (χ3n) is 7.04. The minimum atomic E-state index is -2.25. The van der Waals surface area contributed by atoms with E-state index in [0.29, 0.717) is 35.2 Å². The minimum absolute atomic E-state index is 0.0314. The Labute approximate surface area is 218 Å². The summed E-state index contributed by atoms with van der Waals surface area (Å²) in [5.41, 5.74) is 9.40. The van der Waals surface area contributed by atoms with Crippen LogP contribution in [-0.4, -0.2) is 59.0 Å². The summed E-state index contributed by atoms with van der Waals surface area (Å²) in [6.45, 7) is 5.77. The van der Waals surface area contributed by atoms with E-state index in [1.807, 2.05) is 37.3 Å². The van der Waals surface area contributed by atoms with Gasteiger partial charge in [-0.3, -0.25) is 9.69 Å². The summed E-state index contributed by atoms with van der Waals surface area (Å²) in [5, 5.41) is 1.31. The number of hydrogen-bond donors (Lipinski definition) is 2. The van der Waals surface area contributed by atoms with Gasteiger partial charge in [0.25, 0.3) is 5.56 Å². The number of piperazine rings is 1. The van der Waals surface area contributed by atoms with Gasteiger partial charge in [-0.25, -0.2) is 13.8 Å². The Balaban J connectivity index is 1.35. The number of hydrogen-bond acceptors (Lipinski definition) is 6. The van der Waals surface area contributed by atoms with E-state index in [0.717, 1.165) is 42.8 Å². The quantitative estimate of drug-likeness (QED) is 0.361. The molecule has 2 aromatic carbocycles. The second-order valence-electron chi connectivity index (χ2n) is 9.57. The van der Waals surface area contributed by atoms with Crippen LogP contribution >= 0.6 is 0 Å². The molecule has 3 N–H and O–H groups in total. The van der Waals surface area contributed by atoms with Gasteiger partial charge in [-0.15, -0.1) is 0 Å². The van der Waals surface area contributed by atoms with Crippen LogP contribution < -0.4 is 16.2 Å². The Kier molecular flexibility index (Phi) is 7.33. The first-order valence-corrected chi connectivity index (χ1v) is 12.6. The number of anilines is 2. The summed E-state index contributed by atoms with van der Waals surface area (Å²) < 4.78 is 39.7. The SMILES string of the molecule is Cc1c[nH]c(=O)c2ccc(-c3nc(-c4ccc(N5CCN(CCCC(F)F)CC5)cc4)c(F)nc3N)cc12. The van der Waals surface area contributed by atoms with Crippen LogP contribution in [0, 0.1) is 12.9 Å². The number of benzene rings is 2. The zero-order valence-corrected chi connectivity index (χ0v) is 21.1. The predicted octanol–water partition coefficient (Wildman–Crippen LogP) is 4.85. The number of halogens is 3. The third kappa shape index (κ3) is 5.35. The molecule has 38 heavy (non-hydrogen) atoms. The van der Waals surface area contributed by atoms with Crippen LogP contribution in [0.2, 0.25) is 0 Å². The van der Waals surface area contributed by atoms with Crippen LogP contribution in [0.5, 0.6) is 0 Å². The molecule has 4 aromatic rings. The predicted molar refractivity (Wildman–Crippen MR) is 144 cm³/mol. The van der Waals surface area contributed by atoms with Gasteiger partial charge >= 0.3 is 0 Å². The molecule has 1 fully saturated rings. The summed E-state index contributed by atoms with van der Waals surface area (Å²) in [5.74, 6) is -0.791. The molecule has 0 bridgehead atoms. The van der Waals surface area contributed by atoms with Gasteiger partial charge in [-0.2, -0.15) is 9.37 Å². The fourth-order valence-corrected chi connectivity index (χ4v) is 4.90. The number of aryl methyl sites for hydroxylation is 1. The van der Waals surface area contributed by atoms with E-state index >= 15 is 0 Å². The molecule has 198 valence electrons. The normalized spacial score (nSPS) is 14.5. The van der Waals surface area contributed by atoms with Gasteiger partial charge in [-0.1, -0.05) is 18.2 Å². The highest BCUT2D eigenvalue weighted by atomic mass is 19.3. The lowest BCUT2D eigenvalue weighted by Gasteiger charge is -2.36. The van der Waals surface area contributed by atoms with E-state index in [1.165, 1.54) is 0 Å². The van der Waals surface area contributed by atoms with E-state index in [1.54, 1.807) is 18.3 Å². The van der Waals surface area contributed by atoms with Gasteiger partial charge < -0.3 is 15.6 Å². The van der Waals surface area contributed by atoms with Crippen molar-refractivity contribution >= 4 is 22.3 Å². The fourth-order valence-electron chi connectivity index (χ4n) is 4.90. The largest absolute Gasteiger partial charge is 0.382 e. The maximum absolute atomic E-state index is 14.9. The molecule has 0 amide bonds. The second-order valence-corrected chi connectivity index (χ2v) is 9.57. The van der Waals surface area contributed by atoms with Gasteiger partial charge in [0.2, 0.25) is 12.4 Å². The molecule has 1 aliphatic rings. The molecule has 5 rings (SSSR count). The Morgan fingerprint density at radius 1 is 0.974 bits per heavy atom. The van der Waals surface area contributed by atoms with Crippen molar-refractivity contribution in [2.75, 3.05) is 43.4 Å². The van der Waals surface area contributed by atoms with E-state index in [-0.39, 0.29) is 23.5 Å². The summed E-state index contributed by atoms with van der Waals surface area (Å²) in [6.07, 6.45) is -0.161. The number of fused-ring (bicyclic) bond motifs is 1. The molecule has 0 unspecified atom stereocenters. The third-order valence-corrected chi connectivity index (χ3v) is 7.04. The number of nitrogens with one attached hydrogen (secondary N) is 1. The molecule has 0 spiro atoms. The summed E-state index contributed by atoms with van der Waals surface area (Å²) in [4.78, 5) is 27.8. The van der Waals surface area contributed by atoms with Crippen molar-refractivity contribution in [3.05, 3.63) is 70.5 Å². The maximum Gasteiger partial charge on any atom is 0.255 e. The van der Waals surface area contributed by atoms with E-state index < -0.39 is 12.4 Å². The summed E-state index contributed by atoms with van der Waals surface area (Å²) in [6, 6.07) is 12.7. The summed E-state index contributed by atoms with van der Waals surface area (Å²) >= 11 is 0. The van der Waals surface area contributed by atoms with E-state index in [4.69, 9.17) is 5.73 Å². The van der Waals surface area contributed by atoms with Crippen LogP contribution in [-0.2, 0) is 0 Å². The molecule has 3 heterocycles. The van der Waals surface area contributed by atoms with Crippen molar-refractivity contribution in [3.63, 3.8) is 0 Å². The molecule has 1 saturated heterocycles. The van der Waals surface area contributed by atoms with Crippen LogP contribution in [0.3, 0.4) is 0 Å². The highest BCUT2D eigenvalue weighted by Crippen LogP contribution is 2.31. The molecule has 0 radical (unpaired) electrons. The Morgan fingerprint density at radius 2 is 1.68 bits per heavy atom. The zero-order chi connectivity index (χ0) is 26.8. The Morgan fingerprint density at radius 3 is 2.39 bits per heavy atom. The number of pyridine rings is 1. The van der Waals surface area contributed by atoms with Crippen molar-refractivity contribution < 1.29 is 13.2 Å². The number of nitrogens with two attached hydrogens (primary N) is 1. The standard InChI is InChI=1S/C28H29F3N6O/c1-17-16-33-28(38)21-9-6-19(15-22(17)21)25-27(32)35-26(31)24(34-25)18-4-7-20(8-5-18)37-13-11-36(12-14-37)10-2-3-23(29)30/h4-9,15-16,23H,2-3,10-14H2,1H3,(H2,32,35)(H,33,38). The fraction of sp³-hybridized carbons (Fsp3) is 0.321. The van der Waals surface area contributed by atoms with Crippen LogP contribution in [0.4, 0.5) is 24.7 Å². The first kappa shape index (κ1) is 25.7. The number of aromatic amines is 1. The molecule has 2 aromatic heterocycles. The molecule has 0 atom stereocenters. The smallest absolute Gasteiger partial charge is 0.255 e. The number of aromatic nitrogens is 3. The van der Waals surface area contributed by atoms with Gasteiger partial charge in [0.15, 0.2) is 5.82 Å². The van der Waals surface area contributed by atoms with Crippen LogP contribution in [0.25, 0.3) is 33.3 Å². The van der Waals surface area contributed by atoms with Crippen LogP contribution in [0.1, 0.15) is 18.4 Å². The number of H-pyrrole nitrogens is 1. The van der Waals surface area contributed by atoms with Crippen molar-refractivity contribution in [1.82, 2.24) is 19.9 Å². The number of nitrogen functional groups attached to an aromatic ring is 1. The highest BCUT2D eigenvalue weighted by Gasteiger charge is 2.19. The zero-order valence-electron chi connectivity index (χ0n) is 21.1. The number of nitrogens with zero attached hydrogens (tertiary/aromatic N) is 4. The van der Waals surface area contributed by atoms with Crippen molar-refractivity contribution in [2.45, 2.75) is 26.2 Å². The van der Waals surface area contributed by atoms with Crippen molar-refractivity contribution in [2.24, 2.45) is 0 Å². The van der Waals surface area contributed by atoms with Gasteiger partial charge in [0.05, 0.1) is 0 Å². The first-order chi connectivity index (χ1) is 18.3. The number of alkyl halides is 2. The topological polar surface area (TPSA) is 91.1 Å². The lowest BCUT2D eigenvalue weighted by atomic mass is 10.0. The molecule has 0 aliphatic carbocycles. The van der Waals surface area contributed by atoms with Crippen molar-refractivity contribution in [1.29, 1.82) is 0 Å². The summed E-state index contributed by atoms with van der Waals surface area (Å²) in [7, 11) is 0. The van der Waals surface area contributed by atoms with Gasteiger partial charge in [0.1, 0.15) is 11.4 Å². The molecule has 7 nitrogen and oxygen atoms in total. The van der Waals surface area contributed by atoms with E-state index in [2.05, 4.69) is 24.8 Å². The molecule has 0 saturated carbocycles. The van der Waals surface area contributed by atoms with Gasteiger partial charge in [0, 0.05) is 61.0 Å². The molecule has 10 heteroatoms. The second kappa shape index (κ2) is 10.8. The monoisotopic (exact) mass is 522 g/mol. The number of rotatable bonds is 7. The molecular formula is C28H29F3N6O. The van der Waals surface area contributed by atoms with Crippen molar-refractivity contribution in [3.8, 4) is 22.5 Å².